The summed E-state index contributed by atoms with van der Waals surface area (Å²) in [7, 11) is 0. The molecule has 1 atom stereocenters. The number of carbonyl (C=O) groups excluding carboxylic acids is 1. The molecular weight excluding hydrogens is 230 g/mol. The molecule has 1 fully saturated rings. The summed E-state index contributed by atoms with van der Waals surface area (Å²) < 4.78 is 0. The van der Waals surface area contributed by atoms with Crippen molar-refractivity contribution in [1.82, 2.24) is 4.90 Å². The van der Waals surface area contributed by atoms with Gasteiger partial charge in [-0.15, -0.1) is 0 Å². The molecule has 18 heavy (non-hydrogen) atoms. The third kappa shape index (κ3) is 2.23. The van der Waals surface area contributed by atoms with Crippen LogP contribution in [0, 0.1) is 13.8 Å². The Morgan fingerprint density at radius 2 is 2.06 bits per heavy atom. The lowest BCUT2D eigenvalue weighted by Crippen LogP contribution is -2.40. The first-order valence-electron chi connectivity index (χ1n) is 6.11. The third-order valence-corrected chi connectivity index (χ3v) is 3.41. The van der Waals surface area contributed by atoms with Crippen molar-refractivity contribution >= 4 is 11.9 Å². The standard InChI is InChI=1S/C14H17NO3/c1-9-5-6-11(10(2)8-9)13(16)15-7-3-4-12(15)14(17)18/h5-6,8,12H,3-4,7H2,1-2H3,(H,17,18)/t12-/m0/s1. The Morgan fingerprint density at radius 3 is 2.67 bits per heavy atom. The Kier molecular flexibility index (Phi) is 3.36. The van der Waals surface area contributed by atoms with E-state index < -0.39 is 12.0 Å². The number of benzene rings is 1. The summed E-state index contributed by atoms with van der Waals surface area (Å²) in [6.07, 6.45) is 1.31. The Labute approximate surface area is 106 Å². The molecule has 4 nitrogen and oxygen atoms in total. The highest BCUT2D eigenvalue weighted by Crippen LogP contribution is 2.22. The zero-order valence-corrected chi connectivity index (χ0v) is 10.6. The van der Waals surface area contributed by atoms with Gasteiger partial charge in [0.1, 0.15) is 6.04 Å². The summed E-state index contributed by atoms with van der Waals surface area (Å²) in [6.45, 7) is 4.38. The van der Waals surface area contributed by atoms with E-state index in [1.807, 2.05) is 26.0 Å². The second-order valence-corrected chi connectivity index (χ2v) is 4.81. The van der Waals surface area contributed by atoms with Gasteiger partial charge in [0.2, 0.25) is 0 Å². The number of hydrogen-bond donors (Lipinski definition) is 1. The minimum Gasteiger partial charge on any atom is -0.480 e. The van der Waals surface area contributed by atoms with Crippen LogP contribution in [0.3, 0.4) is 0 Å². The van der Waals surface area contributed by atoms with E-state index >= 15 is 0 Å². The smallest absolute Gasteiger partial charge is 0.326 e. The van der Waals surface area contributed by atoms with E-state index in [0.29, 0.717) is 18.5 Å². The maximum atomic E-state index is 12.4. The van der Waals surface area contributed by atoms with Gasteiger partial charge in [-0.2, -0.15) is 0 Å². The number of hydrogen-bond acceptors (Lipinski definition) is 2. The predicted octanol–water partition coefficient (Wildman–Crippen LogP) is 1.99. The van der Waals surface area contributed by atoms with E-state index in [2.05, 4.69) is 0 Å². The molecule has 0 aliphatic carbocycles. The van der Waals surface area contributed by atoms with Gasteiger partial charge in [-0.25, -0.2) is 4.79 Å². The number of amides is 1. The van der Waals surface area contributed by atoms with Gasteiger partial charge in [0.25, 0.3) is 5.91 Å². The fraction of sp³-hybridized carbons (Fsp3) is 0.429. The Bertz CT molecular complexity index is 496. The molecule has 0 bridgehead atoms. The van der Waals surface area contributed by atoms with Crippen LogP contribution in [0.4, 0.5) is 0 Å². The van der Waals surface area contributed by atoms with Gasteiger partial charge >= 0.3 is 5.97 Å². The monoisotopic (exact) mass is 247 g/mol. The number of rotatable bonds is 2. The van der Waals surface area contributed by atoms with Crippen LogP contribution in [0.15, 0.2) is 18.2 Å². The normalized spacial score (nSPS) is 19.0. The summed E-state index contributed by atoms with van der Waals surface area (Å²) in [4.78, 5) is 24.9. The lowest BCUT2D eigenvalue weighted by atomic mass is 10.0. The van der Waals surface area contributed by atoms with Gasteiger partial charge < -0.3 is 10.0 Å². The second kappa shape index (κ2) is 4.80. The Hall–Kier alpha value is -1.84. The number of carbonyl (C=O) groups is 2. The van der Waals surface area contributed by atoms with E-state index in [4.69, 9.17) is 5.11 Å². The van der Waals surface area contributed by atoms with Crippen molar-refractivity contribution in [2.75, 3.05) is 6.54 Å². The van der Waals surface area contributed by atoms with Gasteiger partial charge in [0.15, 0.2) is 0 Å². The molecule has 1 N–H and O–H groups in total. The summed E-state index contributed by atoms with van der Waals surface area (Å²) in [5.41, 5.74) is 2.60. The van der Waals surface area contributed by atoms with Gasteiger partial charge in [-0.1, -0.05) is 17.7 Å². The summed E-state index contributed by atoms with van der Waals surface area (Å²) >= 11 is 0. The van der Waals surface area contributed by atoms with Crippen LogP contribution in [-0.2, 0) is 4.79 Å². The molecule has 0 unspecified atom stereocenters. The highest BCUT2D eigenvalue weighted by Gasteiger charge is 2.34. The molecule has 1 amide bonds. The molecule has 0 spiro atoms. The average Bonchev–Trinajstić information content (AvgIpc) is 2.77. The molecule has 1 saturated heterocycles. The van der Waals surface area contributed by atoms with Crippen LogP contribution < -0.4 is 0 Å². The quantitative estimate of drug-likeness (QED) is 0.869. The van der Waals surface area contributed by atoms with Crippen LogP contribution >= 0.6 is 0 Å². The fourth-order valence-corrected chi connectivity index (χ4v) is 2.47. The van der Waals surface area contributed by atoms with Crippen LogP contribution in [-0.4, -0.2) is 34.5 Å². The Morgan fingerprint density at radius 1 is 1.33 bits per heavy atom. The first-order chi connectivity index (χ1) is 8.50. The van der Waals surface area contributed by atoms with Gasteiger partial charge in [-0.05, 0) is 38.3 Å². The summed E-state index contributed by atoms with van der Waals surface area (Å²) in [5.74, 6) is -1.08. The zero-order valence-electron chi connectivity index (χ0n) is 10.6. The number of likely N-dealkylation sites (tertiary alicyclic amines) is 1. The van der Waals surface area contributed by atoms with Gasteiger partial charge in [-0.3, -0.25) is 4.79 Å². The Balaban J connectivity index is 2.28. The van der Waals surface area contributed by atoms with Crippen molar-refractivity contribution in [3.8, 4) is 0 Å². The van der Waals surface area contributed by atoms with Crippen molar-refractivity contribution in [3.05, 3.63) is 34.9 Å². The molecule has 1 aromatic rings. The molecule has 1 heterocycles. The number of carboxylic acids is 1. The molecule has 1 aromatic carbocycles. The SMILES string of the molecule is Cc1ccc(C(=O)N2CCC[C@H]2C(=O)O)c(C)c1. The van der Waals surface area contributed by atoms with Crippen molar-refractivity contribution in [3.63, 3.8) is 0 Å². The average molecular weight is 247 g/mol. The molecule has 0 saturated carbocycles. The zero-order chi connectivity index (χ0) is 13.3. The number of aryl methyl sites for hydroxylation is 2. The second-order valence-electron chi connectivity index (χ2n) is 4.81. The van der Waals surface area contributed by atoms with E-state index in [1.165, 1.54) is 4.90 Å². The van der Waals surface area contributed by atoms with Crippen molar-refractivity contribution in [2.24, 2.45) is 0 Å². The molecule has 0 aromatic heterocycles. The van der Waals surface area contributed by atoms with Gasteiger partial charge in [0, 0.05) is 12.1 Å². The summed E-state index contributed by atoms with van der Waals surface area (Å²) in [5, 5.41) is 9.10. The summed E-state index contributed by atoms with van der Waals surface area (Å²) in [6, 6.07) is 4.94. The molecule has 96 valence electrons. The minimum atomic E-state index is -0.911. The van der Waals surface area contributed by atoms with Crippen molar-refractivity contribution in [2.45, 2.75) is 32.7 Å². The van der Waals surface area contributed by atoms with Crippen molar-refractivity contribution in [1.29, 1.82) is 0 Å². The lowest BCUT2D eigenvalue weighted by Gasteiger charge is -2.22. The molecule has 0 radical (unpaired) electrons. The van der Waals surface area contributed by atoms with E-state index in [9.17, 15) is 9.59 Å². The van der Waals surface area contributed by atoms with Gasteiger partial charge in [0.05, 0.1) is 0 Å². The highest BCUT2D eigenvalue weighted by atomic mass is 16.4. The first-order valence-corrected chi connectivity index (χ1v) is 6.11. The van der Waals surface area contributed by atoms with E-state index in [0.717, 1.165) is 17.5 Å². The predicted molar refractivity (Wildman–Crippen MR) is 67.6 cm³/mol. The van der Waals surface area contributed by atoms with E-state index in [1.54, 1.807) is 6.07 Å². The molecule has 1 aliphatic heterocycles. The number of carboxylic acid groups (broad SMARTS) is 1. The maximum Gasteiger partial charge on any atom is 0.326 e. The highest BCUT2D eigenvalue weighted by molar-refractivity contribution is 5.98. The first kappa shape index (κ1) is 12.6. The van der Waals surface area contributed by atoms with E-state index in [-0.39, 0.29) is 5.91 Å². The topological polar surface area (TPSA) is 57.6 Å². The molecular formula is C14H17NO3. The third-order valence-electron chi connectivity index (χ3n) is 3.41. The number of nitrogens with zero attached hydrogens (tertiary/aromatic N) is 1. The maximum absolute atomic E-state index is 12.4. The largest absolute Gasteiger partial charge is 0.480 e. The minimum absolute atomic E-state index is 0.169. The molecule has 1 aliphatic rings. The van der Waals surface area contributed by atoms with Crippen LogP contribution in [0.2, 0.25) is 0 Å². The lowest BCUT2D eigenvalue weighted by molar-refractivity contribution is -0.141. The number of aliphatic carboxylic acids is 1. The van der Waals surface area contributed by atoms with Crippen LogP contribution in [0.25, 0.3) is 0 Å². The fourth-order valence-electron chi connectivity index (χ4n) is 2.47. The van der Waals surface area contributed by atoms with Crippen LogP contribution in [0.5, 0.6) is 0 Å². The van der Waals surface area contributed by atoms with Crippen LogP contribution in [0.1, 0.15) is 34.3 Å². The van der Waals surface area contributed by atoms with Crippen molar-refractivity contribution < 1.29 is 14.7 Å². The molecule has 4 heteroatoms. The molecule has 2 rings (SSSR count).